The monoisotopic (exact) mass is 405 g/mol. The summed E-state index contributed by atoms with van der Waals surface area (Å²) in [6, 6.07) is 17.4. The maximum Gasteiger partial charge on any atom is 0.287 e. The van der Waals surface area contributed by atoms with Crippen LogP contribution in [0.1, 0.15) is 29.4 Å². The second-order valence-electron chi connectivity index (χ2n) is 6.43. The van der Waals surface area contributed by atoms with Crippen molar-refractivity contribution in [3.8, 4) is 28.6 Å². The number of furan rings is 1. The molecular weight excluding hydrogens is 386 g/mol. The third kappa shape index (κ3) is 4.33. The van der Waals surface area contributed by atoms with Gasteiger partial charge in [0, 0.05) is 5.56 Å². The summed E-state index contributed by atoms with van der Waals surface area (Å²) in [7, 11) is 1.62. The Morgan fingerprint density at radius 3 is 2.30 bits per heavy atom. The smallest absolute Gasteiger partial charge is 0.287 e. The molecule has 2 aromatic heterocycles. The van der Waals surface area contributed by atoms with E-state index in [-0.39, 0.29) is 11.7 Å². The first kappa shape index (κ1) is 19.3. The van der Waals surface area contributed by atoms with Gasteiger partial charge in [0.05, 0.1) is 13.4 Å². The van der Waals surface area contributed by atoms with Crippen LogP contribution in [0.15, 0.2) is 75.9 Å². The number of nitrogens with one attached hydrogen (secondary N) is 1. The Hall–Kier alpha value is -4.07. The van der Waals surface area contributed by atoms with Gasteiger partial charge < -0.3 is 23.7 Å². The van der Waals surface area contributed by atoms with Crippen molar-refractivity contribution >= 4 is 5.91 Å². The topological polar surface area (TPSA) is 99.6 Å². The summed E-state index contributed by atoms with van der Waals surface area (Å²) in [4.78, 5) is 16.4. The molecule has 2 aromatic carbocycles. The first-order valence-electron chi connectivity index (χ1n) is 9.22. The zero-order valence-electron chi connectivity index (χ0n) is 16.4. The van der Waals surface area contributed by atoms with Gasteiger partial charge in [-0.15, -0.1) is 0 Å². The molecule has 0 fully saturated rings. The Labute approximate surface area is 172 Å². The van der Waals surface area contributed by atoms with Gasteiger partial charge in [0.15, 0.2) is 5.76 Å². The summed E-state index contributed by atoms with van der Waals surface area (Å²) in [6.07, 6.45) is 1.44. The fourth-order valence-corrected chi connectivity index (χ4v) is 2.72. The van der Waals surface area contributed by atoms with Crippen LogP contribution in [0.2, 0.25) is 0 Å². The van der Waals surface area contributed by atoms with Crippen LogP contribution < -0.4 is 14.8 Å². The lowest BCUT2D eigenvalue weighted by Crippen LogP contribution is -2.26. The average molecular weight is 405 g/mol. The molecule has 0 bridgehead atoms. The third-order valence-electron chi connectivity index (χ3n) is 4.31. The SMILES string of the molecule is COc1ccc(Oc2ccc(-c3noc([C@H](C)NC(=O)c4ccco4)n3)cc2)cc1. The van der Waals surface area contributed by atoms with Crippen molar-refractivity contribution in [1.29, 1.82) is 0 Å². The van der Waals surface area contributed by atoms with E-state index in [2.05, 4.69) is 15.5 Å². The van der Waals surface area contributed by atoms with Gasteiger partial charge >= 0.3 is 0 Å². The predicted molar refractivity (Wildman–Crippen MR) is 107 cm³/mol. The van der Waals surface area contributed by atoms with Gasteiger partial charge in [-0.3, -0.25) is 4.79 Å². The highest BCUT2D eigenvalue weighted by molar-refractivity contribution is 5.91. The maximum absolute atomic E-state index is 12.1. The standard InChI is InChI=1S/C22H19N3O5/c1-14(23-21(26)19-4-3-13-28-19)22-24-20(25-30-22)15-5-7-17(8-6-15)29-18-11-9-16(27-2)10-12-18/h3-14H,1-2H3,(H,23,26)/t14-/m0/s1. The van der Waals surface area contributed by atoms with Crippen LogP contribution in [-0.4, -0.2) is 23.2 Å². The highest BCUT2D eigenvalue weighted by Gasteiger charge is 2.19. The molecule has 1 atom stereocenters. The summed E-state index contributed by atoms with van der Waals surface area (Å²) in [5.74, 6) is 2.71. The number of amides is 1. The summed E-state index contributed by atoms with van der Waals surface area (Å²) < 4.78 is 21.3. The molecule has 0 aliphatic carbocycles. The number of carbonyl (C=O) groups excluding carboxylic acids is 1. The molecule has 0 aliphatic rings. The average Bonchev–Trinajstić information content (AvgIpc) is 3.47. The molecule has 8 nitrogen and oxygen atoms in total. The zero-order valence-corrected chi connectivity index (χ0v) is 16.4. The first-order chi connectivity index (χ1) is 14.6. The second-order valence-corrected chi connectivity index (χ2v) is 6.43. The second kappa shape index (κ2) is 8.52. The molecular formula is C22H19N3O5. The molecule has 0 radical (unpaired) electrons. The van der Waals surface area contributed by atoms with E-state index in [1.165, 1.54) is 6.26 Å². The van der Waals surface area contributed by atoms with E-state index in [1.54, 1.807) is 26.2 Å². The number of hydrogen-bond donors (Lipinski definition) is 1. The van der Waals surface area contributed by atoms with Gasteiger partial charge in [-0.05, 0) is 67.6 Å². The molecule has 30 heavy (non-hydrogen) atoms. The van der Waals surface area contributed by atoms with Crippen LogP contribution in [0.4, 0.5) is 0 Å². The predicted octanol–water partition coefficient (Wildman–Crippen LogP) is 4.62. The largest absolute Gasteiger partial charge is 0.497 e. The Morgan fingerprint density at radius 1 is 1.00 bits per heavy atom. The van der Waals surface area contributed by atoms with Crippen LogP contribution >= 0.6 is 0 Å². The summed E-state index contributed by atoms with van der Waals surface area (Å²) in [5, 5.41) is 6.74. The Balaban J connectivity index is 1.40. The lowest BCUT2D eigenvalue weighted by atomic mass is 10.2. The molecule has 8 heteroatoms. The molecule has 0 saturated heterocycles. The van der Waals surface area contributed by atoms with E-state index in [9.17, 15) is 4.79 Å². The normalized spacial score (nSPS) is 11.7. The van der Waals surface area contributed by atoms with Crippen molar-refractivity contribution in [3.05, 3.63) is 78.6 Å². The van der Waals surface area contributed by atoms with Crippen molar-refractivity contribution in [2.45, 2.75) is 13.0 Å². The summed E-state index contributed by atoms with van der Waals surface area (Å²) in [5.41, 5.74) is 0.761. The Morgan fingerprint density at radius 2 is 1.67 bits per heavy atom. The van der Waals surface area contributed by atoms with Gasteiger partial charge in [-0.2, -0.15) is 4.98 Å². The van der Waals surface area contributed by atoms with Crippen molar-refractivity contribution in [1.82, 2.24) is 15.5 Å². The molecule has 0 aliphatic heterocycles. The summed E-state index contributed by atoms with van der Waals surface area (Å²) >= 11 is 0. The molecule has 4 aromatic rings. The number of benzene rings is 2. The van der Waals surface area contributed by atoms with Gasteiger partial charge in [0.25, 0.3) is 5.91 Å². The van der Waals surface area contributed by atoms with E-state index in [0.717, 1.165) is 11.3 Å². The fraction of sp³-hybridized carbons (Fsp3) is 0.136. The van der Waals surface area contributed by atoms with Crippen molar-refractivity contribution < 1.29 is 23.2 Å². The molecule has 1 N–H and O–H groups in total. The number of rotatable bonds is 7. The van der Waals surface area contributed by atoms with Crippen LogP contribution in [0.5, 0.6) is 17.2 Å². The number of aromatic nitrogens is 2. The van der Waals surface area contributed by atoms with E-state index in [0.29, 0.717) is 23.2 Å². The van der Waals surface area contributed by atoms with Crippen LogP contribution in [0.3, 0.4) is 0 Å². The van der Waals surface area contributed by atoms with Crippen molar-refractivity contribution in [2.75, 3.05) is 7.11 Å². The zero-order chi connectivity index (χ0) is 20.9. The molecule has 4 rings (SSSR count). The fourth-order valence-electron chi connectivity index (χ4n) is 2.72. The number of hydrogen-bond acceptors (Lipinski definition) is 7. The minimum absolute atomic E-state index is 0.217. The van der Waals surface area contributed by atoms with Crippen LogP contribution in [-0.2, 0) is 0 Å². The molecule has 1 amide bonds. The van der Waals surface area contributed by atoms with Gasteiger partial charge in [-0.25, -0.2) is 0 Å². The lowest BCUT2D eigenvalue weighted by molar-refractivity contribution is 0.0904. The molecule has 0 spiro atoms. The molecule has 2 heterocycles. The van der Waals surface area contributed by atoms with Crippen molar-refractivity contribution in [3.63, 3.8) is 0 Å². The van der Waals surface area contributed by atoms with Gasteiger partial charge in [0.1, 0.15) is 23.3 Å². The van der Waals surface area contributed by atoms with E-state index in [1.807, 2.05) is 48.5 Å². The number of carbonyl (C=O) groups is 1. The minimum Gasteiger partial charge on any atom is -0.497 e. The van der Waals surface area contributed by atoms with Gasteiger partial charge in [-0.1, -0.05) is 5.16 Å². The Kier molecular flexibility index (Phi) is 5.47. The van der Waals surface area contributed by atoms with E-state index >= 15 is 0 Å². The van der Waals surface area contributed by atoms with Crippen molar-refractivity contribution in [2.24, 2.45) is 0 Å². The Bertz CT molecular complexity index is 1100. The van der Waals surface area contributed by atoms with Crippen LogP contribution in [0, 0.1) is 0 Å². The number of nitrogens with zero attached hydrogens (tertiary/aromatic N) is 2. The third-order valence-corrected chi connectivity index (χ3v) is 4.31. The molecule has 0 saturated carbocycles. The highest BCUT2D eigenvalue weighted by atomic mass is 16.5. The number of methoxy groups -OCH3 is 1. The molecule has 152 valence electrons. The van der Waals surface area contributed by atoms with E-state index in [4.69, 9.17) is 18.4 Å². The first-order valence-corrected chi connectivity index (χ1v) is 9.22. The molecule has 0 unspecified atom stereocenters. The van der Waals surface area contributed by atoms with E-state index < -0.39 is 6.04 Å². The minimum atomic E-state index is -0.471. The quantitative estimate of drug-likeness (QED) is 0.479. The van der Waals surface area contributed by atoms with Crippen LogP contribution in [0.25, 0.3) is 11.4 Å². The lowest BCUT2D eigenvalue weighted by Gasteiger charge is -2.07. The number of ether oxygens (including phenoxy) is 2. The summed E-state index contributed by atoms with van der Waals surface area (Å²) in [6.45, 7) is 1.75. The maximum atomic E-state index is 12.1. The van der Waals surface area contributed by atoms with Gasteiger partial charge in [0.2, 0.25) is 11.7 Å². The highest BCUT2D eigenvalue weighted by Crippen LogP contribution is 2.26.